The van der Waals surface area contributed by atoms with Crippen LogP contribution in [0.1, 0.15) is 0 Å². The average Bonchev–Trinajstić information content (AvgIpc) is 3.85. The van der Waals surface area contributed by atoms with E-state index in [4.69, 9.17) is 10.2 Å². The molecule has 11 rings (SSSR count). The number of thiophene rings is 1. The molecule has 0 aliphatic carbocycles. The summed E-state index contributed by atoms with van der Waals surface area (Å²) in [6.07, 6.45) is 0. The lowest BCUT2D eigenvalue weighted by Gasteiger charge is -2.23. The Morgan fingerprint density at radius 3 is 1.75 bits per heavy atom. The summed E-state index contributed by atoms with van der Waals surface area (Å²) in [7, 11) is 0. The third-order valence-electron chi connectivity index (χ3n) is 10.9. The molecular formula is C51H32N4S. The maximum absolute atomic E-state index is 5.00. The number of aromatic amines is 1. The van der Waals surface area contributed by atoms with E-state index in [1.807, 2.05) is 17.4 Å². The smallest absolute Gasteiger partial charge is 0.105 e. The van der Waals surface area contributed by atoms with Crippen LogP contribution >= 0.6 is 11.3 Å². The number of H-pyrrole nitrogens is 1. The van der Waals surface area contributed by atoms with Crippen molar-refractivity contribution < 1.29 is 0 Å². The van der Waals surface area contributed by atoms with Gasteiger partial charge in [0.2, 0.25) is 0 Å². The van der Waals surface area contributed by atoms with Gasteiger partial charge in [0, 0.05) is 64.3 Å². The molecule has 0 atom stereocenters. The molecule has 5 heteroatoms. The number of para-hydroxylation sites is 2. The number of hydrogen-bond acceptors (Lipinski definition) is 4. The Kier molecular flexibility index (Phi) is 7.64. The number of aromatic nitrogens is 4. The summed E-state index contributed by atoms with van der Waals surface area (Å²) in [5, 5.41) is 19.2. The van der Waals surface area contributed by atoms with Gasteiger partial charge in [0.25, 0.3) is 0 Å². The van der Waals surface area contributed by atoms with Crippen molar-refractivity contribution in [3.05, 3.63) is 188 Å². The molecule has 56 heavy (non-hydrogen) atoms. The number of nitrogens with zero attached hydrogens (tertiary/aromatic N) is 3. The quantitative estimate of drug-likeness (QED) is 0.185. The van der Waals surface area contributed by atoms with E-state index < -0.39 is 0 Å². The zero-order valence-corrected chi connectivity index (χ0v) is 31.0. The monoisotopic (exact) mass is 732 g/mol. The third kappa shape index (κ3) is 5.17. The minimum absolute atomic E-state index is 0.781. The van der Waals surface area contributed by atoms with Crippen LogP contribution in [0.3, 0.4) is 0 Å². The Morgan fingerprint density at radius 1 is 0.357 bits per heavy atom. The third-order valence-corrected chi connectivity index (χ3v) is 12.0. The lowest BCUT2D eigenvalue weighted by molar-refractivity contribution is 0.879. The molecule has 1 N–H and O–H groups in total. The maximum atomic E-state index is 5.00. The normalized spacial score (nSPS) is 11.6. The van der Waals surface area contributed by atoms with Crippen molar-refractivity contribution in [3.63, 3.8) is 0 Å². The van der Waals surface area contributed by atoms with Crippen LogP contribution in [0.25, 0.3) is 109 Å². The highest BCUT2D eigenvalue weighted by Gasteiger charge is 2.27. The molecule has 0 aliphatic heterocycles. The number of hydrogen-bond donors (Lipinski definition) is 1. The molecule has 0 amide bonds. The molecule has 11 aromatic rings. The predicted molar refractivity (Wildman–Crippen MR) is 235 cm³/mol. The first kappa shape index (κ1) is 32.2. The van der Waals surface area contributed by atoms with Crippen LogP contribution in [0.5, 0.6) is 0 Å². The second-order valence-corrected chi connectivity index (χ2v) is 15.1. The Hall–Kier alpha value is -7.21. The molecule has 0 spiro atoms. The molecule has 4 nitrogen and oxygen atoms in total. The van der Waals surface area contributed by atoms with Gasteiger partial charge in [-0.15, -0.1) is 21.5 Å². The van der Waals surface area contributed by atoms with Gasteiger partial charge < -0.3 is 4.98 Å². The molecule has 3 aromatic heterocycles. The Morgan fingerprint density at radius 2 is 0.946 bits per heavy atom. The van der Waals surface area contributed by atoms with Crippen LogP contribution in [0.15, 0.2) is 188 Å². The fraction of sp³-hybridized carbons (Fsp3) is 0. The van der Waals surface area contributed by atoms with Gasteiger partial charge in [0.15, 0.2) is 0 Å². The Bertz CT molecular complexity index is 3240. The first-order valence-electron chi connectivity index (χ1n) is 18.8. The van der Waals surface area contributed by atoms with Crippen LogP contribution in [-0.4, -0.2) is 20.4 Å². The number of fused-ring (bicyclic) bond motifs is 6. The average molecular weight is 733 g/mol. The van der Waals surface area contributed by atoms with E-state index in [9.17, 15) is 0 Å². The summed E-state index contributed by atoms with van der Waals surface area (Å²) in [4.78, 5) is 3.85. The maximum Gasteiger partial charge on any atom is 0.105 e. The fourth-order valence-electron chi connectivity index (χ4n) is 8.47. The van der Waals surface area contributed by atoms with Crippen molar-refractivity contribution in [1.29, 1.82) is 0 Å². The van der Waals surface area contributed by atoms with Crippen LogP contribution < -0.4 is 0 Å². The lowest BCUT2D eigenvalue weighted by atomic mass is 9.80. The van der Waals surface area contributed by atoms with Gasteiger partial charge in [-0.25, -0.2) is 0 Å². The van der Waals surface area contributed by atoms with E-state index in [0.29, 0.717) is 0 Å². The molecule has 0 fully saturated rings. The molecule has 0 radical (unpaired) electrons. The largest absolute Gasteiger partial charge is 0.354 e. The minimum atomic E-state index is 0.781. The van der Waals surface area contributed by atoms with Gasteiger partial charge in [0.1, 0.15) is 11.4 Å². The summed E-state index contributed by atoms with van der Waals surface area (Å²) < 4.78 is 2.45. The van der Waals surface area contributed by atoms with Gasteiger partial charge >= 0.3 is 0 Å². The first-order chi connectivity index (χ1) is 27.8. The van der Waals surface area contributed by atoms with Gasteiger partial charge in [-0.2, -0.15) is 0 Å². The zero-order valence-electron chi connectivity index (χ0n) is 30.1. The first-order valence-corrected chi connectivity index (χ1v) is 19.6. The van der Waals surface area contributed by atoms with Crippen molar-refractivity contribution in [2.24, 2.45) is 0 Å². The van der Waals surface area contributed by atoms with Gasteiger partial charge in [-0.05, 0) is 51.2 Å². The molecule has 0 saturated carbocycles. The molecule has 0 saturated heterocycles. The number of rotatable bonds is 6. The van der Waals surface area contributed by atoms with Crippen LogP contribution in [-0.2, 0) is 0 Å². The van der Waals surface area contributed by atoms with Crippen molar-refractivity contribution in [2.45, 2.75) is 0 Å². The van der Waals surface area contributed by atoms with Crippen molar-refractivity contribution in [1.82, 2.24) is 20.4 Å². The molecule has 0 unspecified atom stereocenters. The van der Waals surface area contributed by atoms with Crippen molar-refractivity contribution >= 4 is 53.3 Å². The highest BCUT2D eigenvalue weighted by molar-refractivity contribution is 7.25. The molecule has 8 aromatic carbocycles. The van der Waals surface area contributed by atoms with E-state index in [1.54, 1.807) is 0 Å². The second-order valence-electron chi connectivity index (χ2n) is 14.0. The van der Waals surface area contributed by atoms with E-state index in [1.165, 1.54) is 30.9 Å². The molecule has 3 heterocycles. The molecule has 0 aliphatic rings. The molecule has 262 valence electrons. The topological polar surface area (TPSA) is 54.5 Å². The number of benzene rings is 8. The summed E-state index contributed by atoms with van der Waals surface area (Å²) >= 11 is 1.81. The van der Waals surface area contributed by atoms with Crippen LogP contribution in [0.2, 0.25) is 0 Å². The minimum Gasteiger partial charge on any atom is -0.354 e. The molecular weight excluding hydrogens is 701 g/mol. The van der Waals surface area contributed by atoms with Gasteiger partial charge in [-0.1, -0.05) is 170 Å². The van der Waals surface area contributed by atoms with E-state index in [0.717, 1.165) is 78.1 Å². The molecule has 0 bridgehead atoms. The Balaban J connectivity index is 1.34. The number of nitrogens with one attached hydrogen (secondary N) is 1. The summed E-state index contributed by atoms with van der Waals surface area (Å²) in [5.41, 5.74) is 14.5. The van der Waals surface area contributed by atoms with Crippen molar-refractivity contribution in [2.75, 3.05) is 0 Å². The summed E-state index contributed by atoms with van der Waals surface area (Å²) in [6, 6.07) is 66.9. The van der Waals surface area contributed by atoms with E-state index in [2.05, 4.69) is 192 Å². The predicted octanol–water partition coefficient (Wildman–Crippen LogP) is 13.9. The standard InChI is InChI=1S/C51H32N4S/c1-4-16-32(17-5-1)35-30-31-39(47(45(35)33-18-6-2-7-19-33)41-25-14-24-37-36-22-10-12-27-42(36)52-50(37)41)48-49(34-20-8-3-9-21-34)53-55-54-51(48)40-26-15-29-44-46(40)38-23-11-13-28-43(38)56-44/h1-31,52H. The van der Waals surface area contributed by atoms with Crippen molar-refractivity contribution in [3.8, 4) is 67.0 Å². The van der Waals surface area contributed by atoms with E-state index in [-0.39, 0.29) is 0 Å². The van der Waals surface area contributed by atoms with Gasteiger partial charge in [-0.3, -0.25) is 0 Å². The summed E-state index contributed by atoms with van der Waals surface area (Å²) in [5.74, 6) is 0. The van der Waals surface area contributed by atoms with Crippen LogP contribution in [0.4, 0.5) is 0 Å². The Labute approximate surface area is 327 Å². The lowest BCUT2D eigenvalue weighted by Crippen LogP contribution is -2.03. The second kappa shape index (κ2) is 13.3. The van der Waals surface area contributed by atoms with Gasteiger partial charge in [0.05, 0.1) is 5.52 Å². The highest BCUT2D eigenvalue weighted by atomic mass is 32.1. The fourth-order valence-corrected chi connectivity index (χ4v) is 9.60. The van der Waals surface area contributed by atoms with Crippen LogP contribution in [0, 0.1) is 0 Å². The zero-order chi connectivity index (χ0) is 37.0. The SMILES string of the molecule is c1ccc(-c2ccc(-c3c(-c4ccccc4)nnnc3-c3cccc4sc5ccccc5c34)c(-c3cccc4c3[nH]c3ccccc34)c2-c2ccccc2)cc1. The highest BCUT2D eigenvalue weighted by Crippen LogP contribution is 2.51. The van der Waals surface area contributed by atoms with E-state index >= 15 is 0 Å². The summed E-state index contributed by atoms with van der Waals surface area (Å²) in [6.45, 7) is 0.